The van der Waals surface area contributed by atoms with E-state index in [2.05, 4.69) is 5.32 Å². The van der Waals surface area contributed by atoms with Crippen molar-refractivity contribution in [1.29, 1.82) is 0 Å². The van der Waals surface area contributed by atoms with E-state index in [1.165, 1.54) is 0 Å². The smallest absolute Gasteiger partial charge is 0.255 e. The standard InChI is InChI=1S/C21H25NO5/c1-3-25-19-10-9-16(13-20(19)24-2)22-21(23)15-6-4-7-17(12-15)27-14-18-8-5-11-26-18/h4,6-7,9-10,12-13,18H,3,5,8,11,14H2,1-2H3,(H,22,23). The number of carbonyl (C=O) groups excluding carboxylic acids is 1. The van der Waals surface area contributed by atoms with Crippen LogP contribution in [0.3, 0.4) is 0 Å². The summed E-state index contributed by atoms with van der Waals surface area (Å²) >= 11 is 0. The van der Waals surface area contributed by atoms with Crippen molar-refractivity contribution in [3.05, 3.63) is 48.0 Å². The third kappa shape index (κ3) is 5.14. The van der Waals surface area contributed by atoms with Crippen molar-refractivity contribution in [3.63, 3.8) is 0 Å². The Morgan fingerprint density at radius 2 is 2.07 bits per heavy atom. The molecule has 1 N–H and O–H groups in total. The molecule has 3 rings (SSSR count). The van der Waals surface area contributed by atoms with Crippen molar-refractivity contribution in [1.82, 2.24) is 0 Å². The van der Waals surface area contributed by atoms with Gasteiger partial charge in [-0.3, -0.25) is 4.79 Å². The molecular formula is C21H25NO5. The second kappa shape index (κ2) is 9.28. The van der Waals surface area contributed by atoms with Gasteiger partial charge in [-0.1, -0.05) is 6.07 Å². The van der Waals surface area contributed by atoms with Crippen molar-refractivity contribution in [2.24, 2.45) is 0 Å². The summed E-state index contributed by atoms with van der Waals surface area (Å²) in [6.07, 6.45) is 2.22. The van der Waals surface area contributed by atoms with Gasteiger partial charge in [0.05, 0.1) is 19.8 Å². The largest absolute Gasteiger partial charge is 0.493 e. The molecule has 1 fully saturated rings. The highest BCUT2D eigenvalue weighted by atomic mass is 16.5. The molecule has 1 atom stereocenters. The Morgan fingerprint density at radius 1 is 1.19 bits per heavy atom. The van der Waals surface area contributed by atoms with E-state index in [0.29, 0.717) is 41.7 Å². The number of ether oxygens (including phenoxy) is 4. The summed E-state index contributed by atoms with van der Waals surface area (Å²) in [5, 5.41) is 2.87. The van der Waals surface area contributed by atoms with Gasteiger partial charge in [0.1, 0.15) is 12.4 Å². The van der Waals surface area contributed by atoms with Crippen molar-refractivity contribution in [2.75, 3.05) is 32.2 Å². The number of amides is 1. The molecular weight excluding hydrogens is 346 g/mol. The number of nitrogens with one attached hydrogen (secondary N) is 1. The predicted molar refractivity (Wildman–Crippen MR) is 103 cm³/mol. The van der Waals surface area contributed by atoms with Crippen LogP contribution in [-0.4, -0.2) is 38.9 Å². The van der Waals surface area contributed by atoms with Gasteiger partial charge in [-0.05, 0) is 50.1 Å². The van der Waals surface area contributed by atoms with Crippen LogP contribution in [0.15, 0.2) is 42.5 Å². The van der Waals surface area contributed by atoms with Gasteiger partial charge >= 0.3 is 0 Å². The third-order valence-corrected chi connectivity index (χ3v) is 4.28. The maximum Gasteiger partial charge on any atom is 0.255 e. The highest BCUT2D eigenvalue weighted by molar-refractivity contribution is 6.04. The molecule has 0 radical (unpaired) electrons. The van der Waals surface area contributed by atoms with Crippen LogP contribution in [0.25, 0.3) is 0 Å². The molecule has 2 aromatic rings. The molecule has 6 heteroatoms. The number of hydrogen-bond acceptors (Lipinski definition) is 5. The Bertz CT molecular complexity index is 771. The molecule has 27 heavy (non-hydrogen) atoms. The monoisotopic (exact) mass is 371 g/mol. The molecule has 1 amide bonds. The lowest BCUT2D eigenvalue weighted by Gasteiger charge is -2.13. The minimum Gasteiger partial charge on any atom is -0.493 e. The van der Waals surface area contributed by atoms with Crippen molar-refractivity contribution in [2.45, 2.75) is 25.9 Å². The van der Waals surface area contributed by atoms with Crippen LogP contribution in [0, 0.1) is 0 Å². The van der Waals surface area contributed by atoms with Gasteiger partial charge in [0, 0.05) is 23.9 Å². The van der Waals surface area contributed by atoms with E-state index in [-0.39, 0.29) is 12.0 Å². The zero-order valence-corrected chi connectivity index (χ0v) is 15.7. The van der Waals surface area contributed by atoms with Crippen LogP contribution in [-0.2, 0) is 4.74 Å². The van der Waals surface area contributed by atoms with Gasteiger partial charge in [0.15, 0.2) is 11.5 Å². The van der Waals surface area contributed by atoms with Crippen LogP contribution in [0.4, 0.5) is 5.69 Å². The maximum atomic E-state index is 12.6. The molecule has 0 saturated carbocycles. The minimum absolute atomic E-state index is 0.138. The SMILES string of the molecule is CCOc1ccc(NC(=O)c2cccc(OCC3CCCO3)c2)cc1OC. The molecule has 0 aromatic heterocycles. The first-order chi connectivity index (χ1) is 13.2. The lowest BCUT2D eigenvalue weighted by Crippen LogP contribution is -2.17. The van der Waals surface area contributed by atoms with Gasteiger partial charge in [0.25, 0.3) is 5.91 Å². The second-order valence-electron chi connectivity index (χ2n) is 6.23. The first-order valence-electron chi connectivity index (χ1n) is 9.16. The highest BCUT2D eigenvalue weighted by Crippen LogP contribution is 2.30. The van der Waals surface area contributed by atoms with E-state index in [1.807, 2.05) is 13.0 Å². The molecule has 2 aromatic carbocycles. The van der Waals surface area contributed by atoms with E-state index in [4.69, 9.17) is 18.9 Å². The minimum atomic E-state index is -0.219. The van der Waals surface area contributed by atoms with E-state index < -0.39 is 0 Å². The fraction of sp³-hybridized carbons (Fsp3) is 0.381. The molecule has 1 unspecified atom stereocenters. The molecule has 0 aliphatic carbocycles. The molecule has 144 valence electrons. The number of hydrogen-bond donors (Lipinski definition) is 1. The van der Waals surface area contributed by atoms with E-state index >= 15 is 0 Å². The van der Waals surface area contributed by atoms with Gasteiger partial charge in [-0.2, -0.15) is 0 Å². The van der Waals surface area contributed by atoms with E-state index in [9.17, 15) is 4.79 Å². The number of benzene rings is 2. The maximum absolute atomic E-state index is 12.6. The summed E-state index contributed by atoms with van der Waals surface area (Å²) in [6, 6.07) is 12.4. The summed E-state index contributed by atoms with van der Waals surface area (Å²) < 4.78 is 22.1. The molecule has 0 spiro atoms. The van der Waals surface area contributed by atoms with Crippen molar-refractivity contribution in [3.8, 4) is 17.2 Å². The fourth-order valence-electron chi connectivity index (χ4n) is 2.92. The Labute approximate surface area is 159 Å². The normalized spacial score (nSPS) is 16.0. The summed E-state index contributed by atoms with van der Waals surface area (Å²) in [7, 11) is 1.57. The fourth-order valence-corrected chi connectivity index (χ4v) is 2.92. The Morgan fingerprint density at radius 3 is 2.81 bits per heavy atom. The Balaban J connectivity index is 1.64. The average molecular weight is 371 g/mol. The second-order valence-corrected chi connectivity index (χ2v) is 6.23. The molecule has 6 nitrogen and oxygen atoms in total. The van der Waals surface area contributed by atoms with E-state index in [0.717, 1.165) is 19.4 Å². The average Bonchev–Trinajstić information content (AvgIpc) is 3.21. The zero-order chi connectivity index (χ0) is 19.1. The quantitative estimate of drug-likeness (QED) is 0.762. The van der Waals surface area contributed by atoms with Crippen LogP contribution in [0.2, 0.25) is 0 Å². The summed E-state index contributed by atoms with van der Waals surface area (Å²) in [4.78, 5) is 12.6. The van der Waals surface area contributed by atoms with Crippen molar-refractivity contribution < 1.29 is 23.7 Å². The summed E-state index contributed by atoms with van der Waals surface area (Å²) in [5.41, 5.74) is 1.15. The van der Waals surface area contributed by atoms with Crippen LogP contribution >= 0.6 is 0 Å². The van der Waals surface area contributed by atoms with Gasteiger partial charge < -0.3 is 24.3 Å². The molecule has 1 aliphatic rings. The molecule has 1 saturated heterocycles. The number of methoxy groups -OCH3 is 1. The first-order valence-corrected chi connectivity index (χ1v) is 9.16. The van der Waals surface area contributed by atoms with Crippen LogP contribution < -0.4 is 19.5 Å². The Kier molecular flexibility index (Phi) is 6.54. The molecule has 1 heterocycles. The number of carbonyl (C=O) groups is 1. The lowest BCUT2D eigenvalue weighted by atomic mass is 10.2. The predicted octanol–water partition coefficient (Wildman–Crippen LogP) is 3.90. The first kappa shape index (κ1) is 19.0. The van der Waals surface area contributed by atoms with Gasteiger partial charge in [0.2, 0.25) is 0 Å². The Hall–Kier alpha value is -2.73. The molecule has 0 bridgehead atoms. The van der Waals surface area contributed by atoms with E-state index in [1.54, 1.807) is 43.5 Å². The number of anilines is 1. The topological polar surface area (TPSA) is 66.0 Å². The van der Waals surface area contributed by atoms with Crippen LogP contribution in [0.5, 0.6) is 17.2 Å². The summed E-state index contributed by atoms with van der Waals surface area (Å²) in [6.45, 7) is 3.74. The summed E-state index contributed by atoms with van der Waals surface area (Å²) in [5.74, 6) is 1.65. The lowest BCUT2D eigenvalue weighted by molar-refractivity contribution is 0.0679. The van der Waals surface area contributed by atoms with Gasteiger partial charge in [-0.15, -0.1) is 0 Å². The zero-order valence-electron chi connectivity index (χ0n) is 15.7. The van der Waals surface area contributed by atoms with Crippen LogP contribution in [0.1, 0.15) is 30.1 Å². The number of rotatable bonds is 8. The van der Waals surface area contributed by atoms with Gasteiger partial charge in [-0.25, -0.2) is 0 Å². The molecule has 1 aliphatic heterocycles. The third-order valence-electron chi connectivity index (χ3n) is 4.28. The van der Waals surface area contributed by atoms with Crippen molar-refractivity contribution >= 4 is 11.6 Å². The highest BCUT2D eigenvalue weighted by Gasteiger charge is 2.16.